The third kappa shape index (κ3) is 2.33. The van der Waals surface area contributed by atoms with Gasteiger partial charge in [-0.3, -0.25) is 4.79 Å². The van der Waals surface area contributed by atoms with Gasteiger partial charge in [-0.15, -0.1) is 0 Å². The van der Waals surface area contributed by atoms with E-state index in [4.69, 9.17) is 4.74 Å². The largest absolute Gasteiger partial charge is 0.465 e. The SMILES string of the molecule is CCOC(=O)CNCC1C(C)(C)C1(C)C. The van der Waals surface area contributed by atoms with Gasteiger partial charge in [0.2, 0.25) is 0 Å². The molecule has 0 atom stereocenters. The number of esters is 1. The van der Waals surface area contributed by atoms with Crippen molar-refractivity contribution in [1.29, 1.82) is 0 Å². The Bertz CT molecular complexity index is 232. The zero-order valence-electron chi connectivity index (χ0n) is 10.5. The first-order valence-electron chi connectivity index (χ1n) is 5.70. The molecule has 0 bridgehead atoms. The lowest BCUT2D eigenvalue weighted by Gasteiger charge is -2.05. The molecule has 3 nitrogen and oxygen atoms in total. The molecule has 1 rings (SSSR count). The summed E-state index contributed by atoms with van der Waals surface area (Å²) in [5.74, 6) is 0.494. The molecular formula is C12H23NO2. The van der Waals surface area contributed by atoms with Gasteiger partial charge in [0.25, 0.3) is 0 Å². The summed E-state index contributed by atoms with van der Waals surface area (Å²) in [7, 11) is 0. The first-order valence-corrected chi connectivity index (χ1v) is 5.70. The van der Waals surface area contributed by atoms with Crippen molar-refractivity contribution < 1.29 is 9.53 Å². The minimum absolute atomic E-state index is 0.159. The van der Waals surface area contributed by atoms with E-state index in [9.17, 15) is 4.79 Å². The van der Waals surface area contributed by atoms with Crippen LogP contribution in [0.3, 0.4) is 0 Å². The van der Waals surface area contributed by atoms with Crippen LogP contribution >= 0.6 is 0 Å². The van der Waals surface area contributed by atoms with E-state index in [0.717, 1.165) is 6.54 Å². The summed E-state index contributed by atoms with van der Waals surface area (Å²) < 4.78 is 4.85. The fourth-order valence-corrected chi connectivity index (χ4v) is 2.37. The van der Waals surface area contributed by atoms with Crippen LogP contribution in [0.4, 0.5) is 0 Å². The second-order valence-electron chi connectivity index (χ2n) is 5.43. The highest BCUT2D eigenvalue weighted by atomic mass is 16.5. The van der Waals surface area contributed by atoms with Gasteiger partial charge in [-0.05, 0) is 30.2 Å². The molecule has 0 heterocycles. The Labute approximate surface area is 92.6 Å². The second kappa shape index (κ2) is 4.12. The Kier molecular flexibility index (Phi) is 3.44. The number of rotatable bonds is 5. The average molecular weight is 213 g/mol. The maximum atomic E-state index is 11.1. The van der Waals surface area contributed by atoms with E-state index in [0.29, 0.717) is 29.9 Å². The van der Waals surface area contributed by atoms with Crippen molar-refractivity contribution in [3.63, 3.8) is 0 Å². The Morgan fingerprint density at radius 3 is 2.20 bits per heavy atom. The first kappa shape index (κ1) is 12.5. The van der Waals surface area contributed by atoms with Gasteiger partial charge < -0.3 is 10.1 Å². The lowest BCUT2D eigenvalue weighted by molar-refractivity contribution is -0.142. The van der Waals surface area contributed by atoms with Gasteiger partial charge in [-0.1, -0.05) is 27.7 Å². The van der Waals surface area contributed by atoms with Crippen LogP contribution in [0.25, 0.3) is 0 Å². The van der Waals surface area contributed by atoms with Gasteiger partial charge in [-0.2, -0.15) is 0 Å². The van der Waals surface area contributed by atoms with Crippen LogP contribution in [-0.4, -0.2) is 25.7 Å². The molecule has 1 fully saturated rings. The molecule has 0 aromatic carbocycles. The summed E-state index contributed by atoms with van der Waals surface area (Å²) in [6, 6.07) is 0. The fraction of sp³-hybridized carbons (Fsp3) is 0.917. The number of hydrogen-bond donors (Lipinski definition) is 1. The smallest absolute Gasteiger partial charge is 0.319 e. The Hall–Kier alpha value is -0.570. The Balaban J connectivity index is 2.21. The molecule has 0 aromatic rings. The molecule has 1 aliphatic carbocycles. The van der Waals surface area contributed by atoms with E-state index < -0.39 is 0 Å². The van der Waals surface area contributed by atoms with Crippen molar-refractivity contribution in [3.8, 4) is 0 Å². The predicted molar refractivity (Wildman–Crippen MR) is 60.6 cm³/mol. The summed E-state index contributed by atoms with van der Waals surface area (Å²) in [4.78, 5) is 11.1. The summed E-state index contributed by atoms with van der Waals surface area (Å²) in [5.41, 5.74) is 0.767. The topological polar surface area (TPSA) is 38.3 Å². The molecule has 0 unspecified atom stereocenters. The number of hydrogen-bond acceptors (Lipinski definition) is 3. The molecule has 0 amide bonds. The van der Waals surface area contributed by atoms with Crippen LogP contribution < -0.4 is 5.32 Å². The van der Waals surface area contributed by atoms with E-state index in [-0.39, 0.29) is 5.97 Å². The van der Waals surface area contributed by atoms with E-state index >= 15 is 0 Å². The van der Waals surface area contributed by atoms with E-state index in [1.807, 2.05) is 6.92 Å². The zero-order chi connectivity index (χ0) is 11.7. The van der Waals surface area contributed by atoms with Gasteiger partial charge in [-0.25, -0.2) is 0 Å². The molecule has 0 radical (unpaired) electrons. The first-order chi connectivity index (χ1) is 6.84. The minimum Gasteiger partial charge on any atom is -0.465 e. The zero-order valence-corrected chi connectivity index (χ0v) is 10.5. The average Bonchev–Trinajstić information content (AvgIpc) is 2.48. The van der Waals surface area contributed by atoms with E-state index in [1.54, 1.807) is 0 Å². The summed E-state index contributed by atoms with van der Waals surface area (Å²) in [6.07, 6.45) is 0. The molecule has 0 aliphatic heterocycles. The highest BCUT2D eigenvalue weighted by molar-refractivity contribution is 5.71. The minimum atomic E-state index is -0.159. The van der Waals surface area contributed by atoms with Gasteiger partial charge >= 0.3 is 5.97 Å². The van der Waals surface area contributed by atoms with Crippen LogP contribution in [-0.2, 0) is 9.53 Å². The maximum absolute atomic E-state index is 11.1. The number of ether oxygens (including phenoxy) is 1. The summed E-state index contributed by atoms with van der Waals surface area (Å²) in [5, 5.41) is 3.17. The van der Waals surface area contributed by atoms with Crippen molar-refractivity contribution in [2.45, 2.75) is 34.6 Å². The number of nitrogens with one attached hydrogen (secondary N) is 1. The lowest BCUT2D eigenvalue weighted by Crippen LogP contribution is -2.27. The lowest BCUT2D eigenvalue weighted by atomic mass is 10.0. The molecule has 1 N–H and O–H groups in total. The number of carbonyl (C=O) groups is 1. The molecule has 1 aliphatic rings. The normalized spacial score (nSPS) is 22.5. The monoisotopic (exact) mass is 213 g/mol. The van der Waals surface area contributed by atoms with Crippen LogP contribution in [0.15, 0.2) is 0 Å². The molecule has 15 heavy (non-hydrogen) atoms. The predicted octanol–water partition coefficient (Wildman–Crippen LogP) is 1.82. The number of carbonyl (C=O) groups excluding carboxylic acids is 1. The van der Waals surface area contributed by atoms with Gasteiger partial charge in [0.1, 0.15) is 0 Å². The standard InChI is InChI=1S/C12H23NO2/c1-6-15-10(14)8-13-7-9-11(2,3)12(9,4)5/h9,13H,6-8H2,1-5H3. The summed E-state index contributed by atoms with van der Waals surface area (Å²) >= 11 is 0. The van der Waals surface area contributed by atoms with Crippen LogP contribution in [0.5, 0.6) is 0 Å². The quantitative estimate of drug-likeness (QED) is 0.708. The summed E-state index contributed by atoms with van der Waals surface area (Å²) in [6.45, 7) is 12.6. The molecule has 3 heteroatoms. The van der Waals surface area contributed by atoms with Gasteiger partial charge in [0, 0.05) is 0 Å². The van der Waals surface area contributed by atoms with Crippen molar-refractivity contribution in [2.75, 3.05) is 19.7 Å². The second-order valence-corrected chi connectivity index (χ2v) is 5.43. The van der Waals surface area contributed by atoms with Crippen molar-refractivity contribution in [1.82, 2.24) is 5.32 Å². The molecule has 88 valence electrons. The van der Waals surface area contributed by atoms with E-state index in [1.165, 1.54) is 0 Å². The van der Waals surface area contributed by atoms with Gasteiger partial charge in [0.05, 0.1) is 13.2 Å². The van der Waals surface area contributed by atoms with Crippen molar-refractivity contribution in [3.05, 3.63) is 0 Å². The maximum Gasteiger partial charge on any atom is 0.319 e. The van der Waals surface area contributed by atoms with Crippen molar-refractivity contribution >= 4 is 5.97 Å². The van der Waals surface area contributed by atoms with Crippen LogP contribution in [0.2, 0.25) is 0 Å². The van der Waals surface area contributed by atoms with E-state index in [2.05, 4.69) is 33.0 Å². The molecule has 0 aromatic heterocycles. The highest BCUT2D eigenvalue weighted by Crippen LogP contribution is 2.67. The third-order valence-electron chi connectivity index (χ3n) is 4.24. The fourth-order valence-electron chi connectivity index (χ4n) is 2.37. The van der Waals surface area contributed by atoms with Crippen molar-refractivity contribution in [2.24, 2.45) is 16.7 Å². The van der Waals surface area contributed by atoms with Gasteiger partial charge in [0.15, 0.2) is 0 Å². The molecular weight excluding hydrogens is 190 g/mol. The highest BCUT2D eigenvalue weighted by Gasteiger charge is 2.63. The van der Waals surface area contributed by atoms with Crippen LogP contribution in [0.1, 0.15) is 34.6 Å². The van der Waals surface area contributed by atoms with Crippen LogP contribution in [0, 0.1) is 16.7 Å². The molecule has 0 saturated heterocycles. The molecule has 0 spiro atoms. The third-order valence-corrected chi connectivity index (χ3v) is 4.24. The molecule has 1 saturated carbocycles. The Morgan fingerprint density at radius 2 is 1.80 bits per heavy atom. The Morgan fingerprint density at radius 1 is 1.27 bits per heavy atom.